The Morgan fingerprint density at radius 1 is 1.00 bits per heavy atom. The van der Waals surface area contributed by atoms with Gasteiger partial charge in [0.25, 0.3) is 0 Å². The van der Waals surface area contributed by atoms with Crippen molar-refractivity contribution in [2.45, 2.75) is 19.3 Å². The summed E-state index contributed by atoms with van der Waals surface area (Å²) in [6.07, 6.45) is 7.60. The molecule has 0 spiro atoms. The Kier molecular flexibility index (Phi) is 4.73. The second-order valence-corrected chi connectivity index (χ2v) is 7.27. The fourth-order valence-electron chi connectivity index (χ4n) is 3.75. The number of rotatable bonds is 6. The van der Waals surface area contributed by atoms with Crippen LogP contribution in [0, 0.1) is 0 Å². The second kappa shape index (κ2) is 7.83. The molecule has 5 rings (SSSR count). The first kappa shape index (κ1) is 18.1. The second-order valence-electron chi connectivity index (χ2n) is 7.27. The van der Waals surface area contributed by atoms with Gasteiger partial charge in [0, 0.05) is 23.5 Å². The van der Waals surface area contributed by atoms with Crippen molar-refractivity contribution in [3.05, 3.63) is 84.9 Å². The molecule has 0 radical (unpaired) electrons. The number of pyridine rings is 1. The van der Waals surface area contributed by atoms with Crippen molar-refractivity contribution >= 4 is 33.5 Å². The molecular formula is C24H21N5O. The monoisotopic (exact) mass is 395 g/mol. The first-order chi connectivity index (χ1) is 14.8. The van der Waals surface area contributed by atoms with E-state index in [1.807, 2.05) is 59.3 Å². The van der Waals surface area contributed by atoms with Gasteiger partial charge in [-0.1, -0.05) is 30.3 Å². The highest BCUT2D eigenvalue weighted by Crippen LogP contribution is 2.20. The number of H-pyrrole nitrogens is 1. The first-order valence-electron chi connectivity index (χ1n) is 10.0. The number of hydrogen-bond donors (Lipinski definition) is 2. The van der Waals surface area contributed by atoms with Gasteiger partial charge >= 0.3 is 0 Å². The van der Waals surface area contributed by atoms with Crippen molar-refractivity contribution in [3.63, 3.8) is 0 Å². The van der Waals surface area contributed by atoms with Gasteiger partial charge in [-0.2, -0.15) is 0 Å². The molecule has 0 unspecified atom stereocenters. The predicted molar refractivity (Wildman–Crippen MR) is 119 cm³/mol. The molecule has 30 heavy (non-hydrogen) atoms. The third-order valence-electron chi connectivity index (χ3n) is 5.26. The van der Waals surface area contributed by atoms with Gasteiger partial charge < -0.3 is 10.3 Å². The lowest BCUT2D eigenvalue weighted by Crippen LogP contribution is -2.12. The number of para-hydroxylation sites is 3. The van der Waals surface area contributed by atoms with E-state index >= 15 is 0 Å². The number of hydrogen-bond acceptors (Lipinski definition) is 3. The molecule has 0 aliphatic carbocycles. The number of aromatic nitrogens is 4. The lowest BCUT2D eigenvalue weighted by Gasteiger charge is -2.07. The molecule has 2 N–H and O–H groups in total. The summed E-state index contributed by atoms with van der Waals surface area (Å²) in [5.74, 6) is 0.763. The largest absolute Gasteiger partial charge is 0.361 e. The smallest absolute Gasteiger partial charge is 0.224 e. The Morgan fingerprint density at radius 2 is 1.87 bits per heavy atom. The lowest BCUT2D eigenvalue weighted by molar-refractivity contribution is -0.116. The van der Waals surface area contributed by atoms with Crippen LogP contribution in [0.4, 0.5) is 5.69 Å². The van der Waals surface area contributed by atoms with Crippen molar-refractivity contribution in [1.82, 2.24) is 19.5 Å². The standard InChI is InChI=1S/C24H21N5O/c30-24(11-5-6-17-14-25-20-8-2-1-7-19(17)20)28-18-12-13-23(26-15-18)29-16-27-21-9-3-4-10-22(21)29/h1-4,7-10,12-16,25H,5-6,11H2,(H,28,30). The SMILES string of the molecule is O=C(CCCc1c[nH]c2ccccc12)Nc1ccc(-n2cnc3ccccc32)nc1. The van der Waals surface area contributed by atoms with Gasteiger partial charge in [-0.3, -0.25) is 9.36 Å². The van der Waals surface area contributed by atoms with Crippen LogP contribution in [0.25, 0.3) is 27.8 Å². The van der Waals surface area contributed by atoms with Crippen LogP contribution in [0.2, 0.25) is 0 Å². The van der Waals surface area contributed by atoms with Gasteiger partial charge in [-0.15, -0.1) is 0 Å². The molecule has 0 saturated heterocycles. The molecule has 6 nitrogen and oxygen atoms in total. The summed E-state index contributed by atoms with van der Waals surface area (Å²) in [6, 6.07) is 19.9. The number of benzene rings is 2. The number of nitrogens with zero attached hydrogens (tertiary/aromatic N) is 3. The van der Waals surface area contributed by atoms with Crippen molar-refractivity contribution in [2.75, 3.05) is 5.32 Å². The topological polar surface area (TPSA) is 75.6 Å². The average molecular weight is 395 g/mol. The number of carbonyl (C=O) groups is 1. The zero-order chi connectivity index (χ0) is 20.3. The van der Waals surface area contributed by atoms with Crippen molar-refractivity contribution in [1.29, 1.82) is 0 Å². The van der Waals surface area contributed by atoms with Gasteiger partial charge in [0.05, 0.1) is 22.9 Å². The summed E-state index contributed by atoms with van der Waals surface area (Å²) in [7, 11) is 0. The van der Waals surface area contributed by atoms with Crippen LogP contribution in [0.5, 0.6) is 0 Å². The molecule has 5 aromatic rings. The zero-order valence-corrected chi connectivity index (χ0v) is 16.4. The summed E-state index contributed by atoms with van der Waals surface area (Å²) in [5, 5.41) is 4.16. The highest BCUT2D eigenvalue weighted by molar-refractivity contribution is 5.90. The van der Waals surface area contributed by atoms with Crippen LogP contribution in [0.15, 0.2) is 79.4 Å². The summed E-state index contributed by atoms with van der Waals surface area (Å²) in [5.41, 5.74) is 5.00. The number of amides is 1. The Morgan fingerprint density at radius 3 is 2.77 bits per heavy atom. The third kappa shape index (κ3) is 3.55. The molecule has 148 valence electrons. The van der Waals surface area contributed by atoms with Crippen LogP contribution in [0.1, 0.15) is 18.4 Å². The Hall–Kier alpha value is -3.93. The maximum atomic E-state index is 12.3. The molecule has 0 atom stereocenters. The number of aryl methyl sites for hydroxylation is 1. The third-order valence-corrected chi connectivity index (χ3v) is 5.26. The quantitative estimate of drug-likeness (QED) is 0.431. The fourth-order valence-corrected chi connectivity index (χ4v) is 3.75. The number of anilines is 1. The molecule has 1 amide bonds. The van der Waals surface area contributed by atoms with Crippen LogP contribution in [-0.4, -0.2) is 25.4 Å². The maximum Gasteiger partial charge on any atom is 0.224 e. The Labute approximate surface area is 173 Å². The molecule has 0 fully saturated rings. The van der Waals surface area contributed by atoms with Gasteiger partial charge in [-0.25, -0.2) is 9.97 Å². The van der Waals surface area contributed by atoms with E-state index in [2.05, 4.69) is 32.4 Å². The van der Waals surface area contributed by atoms with E-state index in [-0.39, 0.29) is 5.91 Å². The number of carbonyl (C=O) groups excluding carboxylic acids is 1. The van der Waals surface area contributed by atoms with E-state index in [1.54, 1.807) is 12.5 Å². The molecule has 0 saturated carbocycles. The number of fused-ring (bicyclic) bond motifs is 2. The normalized spacial score (nSPS) is 11.2. The van der Waals surface area contributed by atoms with E-state index in [9.17, 15) is 4.79 Å². The Bertz CT molecular complexity index is 1320. The van der Waals surface area contributed by atoms with E-state index in [4.69, 9.17) is 0 Å². The number of aromatic amines is 1. The van der Waals surface area contributed by atoms with Gasteiger partial charge in [-0.05, 0) is 48.7 Å². The summed E-state index contributed by atoms with van der Waals surface area (Å²) >= 11 is 0. The molecule has 3 aromatic heterocycles. The van der Waals surface area contributed by atoms with Gasteiger partial charge in [0.2, 0.25) is 5.91 Å². The number of nitrogens with one attached hydrogen (secondary N) is 2. The molecule has 2 aromatic carbocycles. The van der Waals surface area contributed by atoms with Gasteiger partial charge in [0.15, 0.2) is 0 Å². The zero-order valence-electron chi connectivity index (χ0n) is 16.4. The van der Waals surface area contributed by atoms with Crippen LogP contribution in [-0.2, 0) is 11.2 Å². The van der Waals surface area contributed by atoms with Crippen molar-refractivity contribution in [3.8, 4) is 5.82 Å². The van der Waals surface area contributed by atoms with Gasteiger partial charge in [0.1, 0.15) is 12.1 Å². The van der Waals surface area contributed by atoms with Crippen LogP contribution < -0.4 is 5.32 Å². The van der Waals surface area contributed by atoms with E-state index in [0.29, 0.717) is 12.1 Å². The summed E-state index contributed by atoms with van der Waals surface area (Å²) in [4.78, 5) is 24.5. The fraction of sp³-hybridized carbons (Fsp3) is 0.125. The lowest BCUT2D eigenvalue weighted by atomic mass is 10.1. The molecule has 0 aliphatic rings. The minimum Gasteiger partial charge on any atom is -0.361 e. The van der Waals surface area contributed by atoms with Crippen LogP contribution in [0.3, 0.4) is 0 Å². The van der Waals surface area contributed by atoms with E-state index in [1.165, 1.54) is 10.9 Å². The van der Waals surface area contributed by atoms with Crippen molar-refractivity contribution < 1.29 is 4.79 Å². The van der Waals surface area contributed by atoms with Crippen LogP contribution >= 0.6 is 0 Å². The molecule has 3 heterocycles. The highest BCUT2D eigenvalue weighted by Gasteiger charge is 2.08. The molecule has 0 aliphatic heterocycles. The average Bonchev–Trinajstić information content (AvgIpc) is 3.39. The number of imidazole rings is 1. The van der Waals surface area contributed by atoms with Crippen molar-refractivity contribution in [2.24, 2.45) is 0 Å². The molecule has 0 bridgehead atoms. The predicted octanol–water partition coefficient (Wildman–Crippen LogP) is 4.86. The molecular weight excluding hydrogens is 374 g/mol. The summed E-state index contributed by atoms with van der Waals surface area (Å²) in [6.45, 7) is 0. The minimum atomic E-state index is -0.00234. The first-order valence-corrected chi connectivity index (χ1v) is 10.0. The van der Waals surface area contributed by atoms with E-state index in [0.717, 1.165) is 35.2 Å². The minimum absolute atomic E-state index is 0.00234. The Balaban J connectivity index is 1.19. The maximum absolute atomic E-state index is 12.3. The van der Waals surface area contributed by atoms with E-state index < -0.39 is 0 Å². The summed E-state index contributed by atoms with van der Waals surface area (Å²) < 4.78 is 1.93. The molecule has 6 heteroatoms. The highest BCUT2D eigenvalue weighted by atomic mass is 16.1.